The summed E-state index contributed by atoms with van der Waals surface area (Å²) >= 11 is 18.8. The van der Waals surface area contributed by atoms with Crippen molar-refractivity contribution in [2.45, 2.75) is 51.0 Å². The smallest absolute Gasteiger partial charge is 0.236 e. The Bertz CT molecular complexity index is 996. The average molecular weight is 515 g/mol. The predicted molar refractivity (Wildman–Crippen MR) is 136 cm³/mol. The van der Waals surface area contributed by atoms with E-state index in [0.29, 0.717) is 42.0 Å². The standard InChI is InChI=1S/C22H29Cl2N3O3SSi/c1-32(2,3)10-9-28-14-30-18-6-5-16(23)21(24)20(18)15-11-19(31)26(13-15)17-12-25-27-7-4-8-29-22(17)27/h5-6,12,15H,4,7-11,13-14H2,1-3H3. The van der Waals surface area contributed by atoms with Crippen LogP contribution in [0.1, 0.15) is 24.3 Å². The van der Waals surface area contributed by atoms with Gasteiger partial charge in [0.25, 0.3) is 0 Å². The molecule has 0 saturated carbocycles. The van der Waals surface area contributed by atoms with Gasteiger partial charge in [0.2, 0.25) is 5.88 Å². The van der Waals surface area contributed by atoms with Gasteiger partial charge in [0.1, 0.15) is 11.4 Å². The fraction of sp³-hybridized carbons (Fsp3) is 0.545. The number of aromatic nitrogens is 2. The molecule has 1 atom stereocenters. The summed E-state index contributed by atoms with van der Waals surface area (Å²) in [6.45, 7) is 10.1. The summed E-state index contributed by atoms with van der Waals surface area (Å²) in [4.78, 5) is 2.92. The van der Waals surface area contributed by atoms with E-state index >= 15 is 0 Å². The van der Waals surface area contributed by atoms with Crippen molar-refractivity contribution in [1.29, 1.82) is 0 Å². The number of aryl methyl sites for hydroxylation is 1. The van der Waals surface area contributed by atoms with Crippen LogP contribution in [0.2, 0.25) is 35.7 Å². The minimum absolute atomic E-state index is 0.0461. The second kappa shape index (κ2) is 9.89. The highest BCUT2D eigenvalue weighted by Gasteiger charge is 2.35. The van der Waals surface area contributed by atoms with Crippen LogP contribution in [0.15, 0.2) is 18.3 Å². The number of nitrogens with zero attached hydrogens (tertiary/aromatic N) is 3. The Morgan fingerprint density at radius 2 is 2.09 bits per heavy atom. The molecule has 32 heavy (non-hydrogen) atoms. The minimum atomic E-state index is -1.14. The number of thiocarbonyl (C=S) groups is 1. The van der Waals surface area contributed by atoms with Crippen molar-refractivity contribution < 1.29 is 14.2 Å². The third kappa shape index (κ3) is 5.25. The van der Waals surface area contributed by atoms with Gasteiger partial charge in [-0.25, -0.2) is 4.68 Å². The molecule has 174 valence electrons. The maximum absolute atomic E-state index is 6.66. The van der Waals surface area contributed by atoms with Gasteiger partial charge in [-0.2, -0.15) is 5.10 Å². The molecule has 0 bridgehead atoms. The van der Waals surface area contributed by atoms with Gasteiger partial charge < -0.3 is 19.1 Å². The number of benzene rings is 1. The molecule has 1 unspecified atom stereocenters. The SMILES string of the molecule is C[Si](C)(C)CCOCOc1ccc(Cl)c(Cl)c1C1CC(=S)N(c2cnn3c2OCCC3)C1. The molecule has 10 heteroatoms. The summed E-state index contributed by atoms with van der Waals surface area (Å²) in [6, 6.07) is 4.72. The summed E-state index contributed by atoms with van der Waals surface area (Å²) in [5.74, 6) is 1.52. The van der Waals surface area contributed by atoms with E-state index < -0.39 is 8.07 Å². The zero-order valence-electron chi connectivity index (χ0n) is 18.7. The van der Waals surface area contributed by atoms with Crippen LogP contribution in [0.3, 0.4) is 0 Å². The van der Waals surface area contributed by atoms with Gasteiger partial charge in [-0.1, -0.05) is 55.1 Å². The Labute approximate surface area is 205 Å². The molecule has 1 saturated heterocycles. The van der Waals surface area contributed by atoms with Crippen molar-refractivity contribution in [3.8, 4) is 11.6 Å². The molecule has 3 heterocycles. The van der Waals surface area contributed by atoms with E-state index in [-0.39, 0.29) is 12.7 Å². The van der Waals surface area contributed by atoms with E-state index in [4.69, 9.17) is 49.6 Å². The minimum Gasteiger partial charge on any atom is -0.476 e. The molecule has 1 aromatic carbocycles. The molecule has 0 spiro atoms. The van der Waals surface area contributed by atoms with Crippen LogP contribution in [0.25, 0.3) is 0 Å². The fourth-order valence-electron chi connectivity index (χ4n) is 3.97. The topological polar surface area (TPSA) is 48.8 Å². The first-order valence-corrected chi connectivity index (χ1v) is 15.8. The van der Waals surface area contributed by atoms with Crippen LogP contribution < -0.4 is 14.4 Å². The summed E-state index contributed by atoms with van der Waals surface area (Å²) in [7, 11) is -1.14. The van der Waals surface area contributed by atoms with Crippen LogP contribution in [0, 0.1) is 0 Å². The van der Waals surface area contributed by atoms with Gasteiger partial charge in [-0.3, -0.25) is 0 Å². The number of ether oxygens (including phenoxy) is 3. The lowest BCUT2D eigenvalue weighted by atomic mass is 9.97. The van der Waals surface area contributed by atoms with Crippen LogP contribution in [0.4, 0.5) is 5.69 Å². The largest absolute Gasteiger partial charge is 0.476 e. The van der Waals surface area contributed by atoms with Crippen molar-refractivity contribution in [3.05, 3.63) is 33.9 Å². The molecule has 0 amide bonds. The summed E-state index contributed by atoms with van der Waals surface area (Å²) < 4.78 is 19.5. The van der Waals surface area contributed by atoms with Crippen LogP contribution in [-0.4, -0.2) is 49.4 Å². The highest BCUT2D eigenvalue weighted by molar-refractivity contribution is 7.80. The number of rotatable bonds is 8. The quantitative estimate of drug-likeness (QED) is 0.187. The zero-order chi connectivity index (χ0) is 22.9. The van der Waals surface area contributed by atoms with Gasteiger partial charge in [0, 0.05) is 52.1 Å². The zero-order valence-corrected chi connectivity index (χ0v) is 22.0. The van der Waals surface area contributed by atoms with Gasteiger partial charge in [0.15, 0.2) is 6.79 Å². The lowest BCUT2D eigenvalue weighted by Gasteiger charge is -2.22. The molecular weight excluding hydrogens is 485 g/mol. The first-order chi connectivity index (χ1) is 15.2. The Hall–Kier alpha value is -1.32. The van der Waals surface area contributed by atoms with E-state index in [9.17, 15) is 0 Å². The summed E-state index contributed by atoms with van der Waals surface area (Å²) in [5, 5.41) is 5.48. The monoisotopic (exact) mass is 513 g/mol. The third-order valence-electron chi connectivity index (χ3n) is 5.74. The molecule has 0 N–H and O–H groups in total. The summed E-state index contributed by atoms with van der Waals surface area (Å²) in [5.41, 5.74) is 1.78. The molecule has 2 aromatic rings. The first kappa shape index (κ1) is 23.8. The molecule has 2 aliphatic rings. The number of hydrogen-bond donors (Lipinski definition) is 0. The number of anilines is 1. The predicted octanol–water partition coefficient (Wildman–Crippen LogP) is 5.98. The van der Waals surface area contributed by atoms with Crippen molar-refractivity contribution in [3.63, 3.8) is 0 Å². The normalized spacial score (nSPS) is 18.6. The van der Waals surface area contributed by atoms with Crippen molar-refractivity contribution in [2.24, 2.45) is 0 Å². The molecule has 0 aliphatic carbocycles. The van der Waals surface area contributed by atoms with Gasteiger partial charge in [0.05, 0.1) is 27.8 Å². The molecule has 4 rings (SSSR count). The Morgan fingerprint density at radius 3 is 2.88 bits per heavy atom. The average Bonchev–Trinajstić information content (AvgIpc) is 3.32. The lowest BCUT2D eigenvalue weighted by Crippen LogP contribution is -2.24. The molecular formula is C22H29Cl2N3O3SSi. The third-order valence-corrected chi connectivity index (χ3v) is 8.65. The number of hydrogen-bond acceptors (Lipinski definition) is 5. The van der Waals surface area contributed by atoms with Crippen LogP contribution >= 0.6 is 35.4 Å². The van der Waals surface area contributed by atoms with E-state index in [1.807, 2.05) is 16.9 Å². The molecule has 1 aromatic heterocycles. The Kier molecular flexibility index (Phi) is 7.36. The maximum Gasteiger partial charge on any atom is 0.236 e. The summed E-state index contributed by atoms with van der Waals surface area (Å²) in [6.07, 6.45) is 3.46. The molecule has 0 radical (unpaired) electrons. The molecule has 6 nitrogen and oxygen atoms in total. The highest BCUT2D eigenvalue weighted by Crippen LogP contribution is 2.45. The number of halogens is 2. The van der Waals surface area contributed by atoms with Gasteiger partial charge >= 0.3 is 0 Å². The fourth-order valence-corrected chi connectivity index (χ4v) is 5.58. The molecule has 1 fully saturated rings. The van der Waals surface area contributed by atoms with Crippen molar-refractivity contribution in [1.82, 2.24) is 9.78 Å². The van der Waals surface area contributed by atoms with Crippen LogP contribution in [0.5, 0.6) is 11.6 Å². The first-order valence-electron chi connectivity index (χ1n) is 10.9. The lowest BCUT2D eigenvalue weighted by molar-refractivity contribution is 0.0213. The van der Waals surface area contributed by atoms with Crippen molar-refractivity contribution >= 4 is 54.2 Å². The Morgan fingerprint density at radius 1 is 1.28 bits per heavy atom. The van der Waals surface area contributed by atoms with Crippen molar-refractivity contribution in [2.75, 3.05) is 31.5 Å². The number of fused-ring (bicyclic) bond motifs is 1. The van der Waals surface area contributed by atoms with E-state index in [2.05, 4.69) is 29.6 Å². The second-order valence-corrected chi connectivity index (χ2v) is 16.3. The Balaban J connectivity index is 1.50. The highest BCUT2D eigenvalue weighted by atomic mass is 35.5. The van der Waals surface area contributed by atoms with Crippen LogP contribution in [-0.2, 0) is 11.3 Å². The van der Waals surface area contributed by atoms with E-state index in [1.54, 1.807) is 6.07 Å². The van der Waals surface area contributed by atoms with E-state index in [0.717, 1.165) is 41.1 Å². The van der Waals surface area contributed by atoms with E-state index in [1.165, 1.54) is 0 Å². The molecule has 2 aliphatic heterocycles. The van der Waals surface area contributed by atoms with Gasteiger partial charge in [-0.15, -0.1) is 0 Å². The van der Waals surface area contributed by atoms with Gasteiger partial charge in [-0.05, 0) is 18.2 Å². The second-order valence-electron chi connectivity index (χ2n) is 9.42. The maximum atomic E-state index is 6.66.